The zero-order chi connectivity index (χ0) is 14.6. The van der Waals surface area contributed by atoms with Gasteiger partial charge in [0, 0.05) is 13.2 Å². The molecule has 1 amide bonds. The summed E-state index contributed by atoms with van der Waals surface area (Å²) in [4.78, 5) is 11.7. The summed E-state index contributed by atoms with van der Waals surface area (Å²) in [5, 5.41) is 2.67. The number of carbonyl (C=O) groups is 1. The molecule has 1 aromatic carbocycles. The highest BCUT2D eigenvalue weighted by Gasteiger charge is 2.32. The third-order valence-corrected chi connectivity index (χ3v) is 3.32. The molecular weight excluding hydrogens is 271 g/mol. The highest BCUT2D eigenvalue weighted by atomic mass is 19.4. The number of ether oxygens (including phenoxy) is 1. The highest BCUT2D eigenvalue weighted by molar-refractivity contribution is 5.78. The molecule has 1 atom stereocenters. The molecule has 1 saturated heterocycles. The lowest BCUT2D eigenvalue weighted by Crippen LogP contribution is -2.32. The van der Waals surface area contributed by atoms with E-state index in [-0.39, 0.29) is 30.4 Å². The number of alkyl halides is 3. The Labute approximate surface area is 115 Å². The molecule has 3 nitrogen and oxygen atoms in total. The van der Waals surface area contributed by atoms with Crippen LogP contribution in [0.25, 0.3) is 0 Å². The summed E-state index contributed by atoms with van der Waals surface area (Å²) in [7, 11) is 0. The van der Waals surface area contributed by atoms with Gasteiger partial charge < -0.3 is 10.1 Å². The van der Waals surface area contributed by atoms with Gasteiger partial charge in [-0.1, -0.05) is 18.2 Å². The molecule has 0 bridgehead atoms. The van der Waals surface area contributed by atoms with Gasteiger partial charge in [0.05, 0.1) is 18.1 Å². The molecule has 0 radical (unpaired) electrons. The van der Waals surface area contributed by atoms with Crippen molar-refractivity contribution in [3.63, 3.8) is 0 Å². The van der Waals surface area contributed by atoms with Gasteiger partial charge in [0.15, 0.2) is 0 Å². The fraction of sp³-hybridized carbons (Fsp3) is 0.500. The topological polar surface area (TPSA) is 38.3 Å². The van der Waals surface area contributed by atoms with Crippen molar-refractivity contribution in [2.45, 2.75) is 19.0 Å². The second-order valence-electron chi connectivity index (χ2n) is 4.76. The molecule has 20 heavy (non-hydrogen) atoms. The van der Waals surface area contributed by atoms with Gasteiger partial charge in [-0.3, -0.25) is 4.79 Å². The smallest absolute Gasteiger partial charge is 0.381 e. The minimum Gasteiger partial charge on any atom is -0.381 e. The van der Waals surface area contributed by atoms with E-state index in [1.165, 1.54) is 12.1 Å². The summed E-state index contributed by atoms with van der Waals surface area (Å²) in [6.07, 6.45) is -3.53. The molecule has 1 aliphatic heterocycles. The van der Waals surface area contributed by atoms with Crippen LogP contribution in [0, 0.1) is 5.92 Å². The van der Waals surface area contributed by atoms with E-state index >= 15 is 0 Å². The van der Waals surface area contributed by atoms with E-state index in [0.29, 0.717) is 19.6 Å². The lowest BCUT2D eigenvalue weighted by Gasteiger charge is -2.13. The predicted octanol–water partition coefficient (Wildman–Crippen LogP) is 2.40. The molecule has 1 aromatic rings. The molecule has 1 heterocycles. The van der Waals surface area contributed by atoms with Crippen molar-refractivity contribution in [1.29, 1.82) is 0 Å². The largest absolute Gasteiger partial charge is 0.416 e. The van der Waals surface area contributed by atoms with E-state index < -0.39 is 11.7 Å². The summed E-state index contributed by atoms with van der Waals surface area (Å²) in [6.45, 7) is 1.16. The van der Waals surface area contributed by atoms with Crippen molar-refractivity contribution in [3.05, 3.63) is 35.4 Å². The van der Waals surface area contributed by atoms with Gasteiger partial charge in [0.1, 0.15) is 0 Å². The number of halogens is 3. The number of carbonyl (C=O) groups excluding carboxylic acids is 1. The average molecular weight is 287 g/mol. The van der Waals surface area contributed by atoms with Crippen molar-refractivity contribution in [2.24, 2.45) is 5.92 Å². The first-order chi connectivity index (χ1) is 9.48. The number of nitrogens with one attached hydrogen (secondary N) is 1. The van der Waals surface area contributed by atoms with Crippen molar-refractivity contribution in [2.75, 3.05) is 19.8 Å². The Morgan fingerprint density at radius 3 is 2.75 bits per heavy atom. The second kappa shape index (κ2) is 6.26. The Morgan fingerprint density at radius 1 is 1.35 bits per heavy atom. The number of amides is 1. The van der Waals surface area contributed by atoms with Crippen LogP contribution in [0.1, 0.15) is 17.5 Å². The molecule has 1 aliphatic rings. The van der Waals surface area contributed by atoms with Gasteiger partial charge >= 0.3 is 6.18 Å². The van der Waals surface area contributed by atoms with Crippen LogP contribution in [0.5, 0.6) is 0 Å². The van der Waals surface area contributed by atoms with E-state index in [2.05, 4.69) is 5.32 Å². The SMILES string of the molecule is O=C(NCCc1ccccc1C(F)(F)F)C1CCOC1. The summed E-state index contributed by atoms with van der Waals surface area (Å²) in [6, 6.07) is 5.42. The van der Waals surface area contributed by atoms with Gasteiger partial charge in [0.25, 0.3) is 0 Å². The molecule has 2 rings (SSSR count). The van der Waals surface area contributed by atoms with E-state index in [1.807, 2.05) is 0 Å². The molecule has 1 fully saturated rings. The number of benzene rings is 1. The van der Waals surface area contributed by atoms with Crippen LogP contribution in [0.4, 0.5) is 13.2 Å². The molecule has 6 heteroatoms. The molecule has 0 saturated carbocycles. The van der Waals surface area contributed by atoms with E-state index in [0.717, 1.165) is 6.07 Å². The zero-order valence-electron chi connectivity index (χ0n) is 10.9. The van der Waals surface area contributed by atoms with E-state index in [1.54, 1.807) is 6.07 Å². The fourth-order valence-electron chi connectivity index (χ4n) is 2.22. The quantitative estimate of drug-likeness (QED) is 0.923. The Kier molecular flexibility index (Phi) is 4.65. The molecule has 110 valence electrons. The second-order valence-corrected chi connectivity index (χ2v) is 4.76. The third-order valence-electron chi connectivity index (χ3n) is 3.32. The van der Waals surface area contributed by atoms with E-state index in [4.69, 9.17) is 4.74 Å². The number of rotatable bonds is 4. The summed E-state index contributed by atoms with van der Waals surface area (Å²) in [5.41, 5.74) is -0.443. The van der Waals surface area contributed by atoms with Crippen LogP contribution in [0.3, 0.4) is 0 Å². The van der Waals surface area contributed by atoms with Gasteiger partial charge in [-0.25, -0.2) is 0 Å². The van der Waals surface area contributed by atoms with Crippen molar-refractivity contribution >= 4 is 5.91 Å². The molecule has 0 aromatic heterocycles. The zero-order valence-corrected chi connectivity index (χ0v) is 10.9. The maximum absolute atomic E-state index is 12.8. The Balaban J connectivity index is 1.89. The van der Waals surface area contributed by atoms with Crippen LogP contribution in [-0.2, 0) is 22.1 Å². The molecule has 0 aliphatic carbocycles. The molecule has 1 unspecified atom stereocenters. The Hall–Kier alpha value is -1.56. The standard InChI is InChI=1S/C14H16F3NO2/c15-14(16,17)12-4-2-1-3-10(12)5-7-18-13(19)11-6-8-20-9-11/h1-4,11H,5-9H2,(H,18,19). The van der Waals surface area contributed by atoms with Gasteiger partial charge in [-0.05, 0) is 24.5 Å². The molecule has 0 spiro atoms. The number of hydrogen-bond donors (Lipinski definition) is 1. The lowest BCUT2D eigenvalue weighted by atomic mass is 10.0. The molecular formula is C14H16F3NO2. The first-order valence-electron chi connectivity index (χ1n) is 6.49. The van der Waals surface area contributed by atoms with Crippen LogP contribution in [-0.4, -0.2) is 25.7 Å². The first-order valence-corrected chi connectivity index (χ1v) is 6.49. The molecule has 1 N–H and O–H groups in total. The van der Waals surface area contributed by atoms with Crippen molar-refractivity contribution in [3.8, 4) is 0 Å². The maximum Gasteiger partial charge on any atom is 0.416 e. The monoisotopic (exact) mass is 287 g/mol. The van der Waals surface area contributed by atoms with Crippen LogP contribution >= 0.6 is 0 Å². The summed E-state index contributed by atoms with van der Waals surface area (Å²) >= 11 is 0. The van der Waals surface area contributed by atoms with Crippen molar-refractivity contribution < 1.29 is 22.7 Å². The van der Waals surface area contributed by atoms with Crippen molar-refractivity contribution in [1.82, 2.24) is 5.32 Å². The number of hydrogen-bond acceptors (Lipinski definition) is 2. The minimum absolute atomic E-state index is 0.146. The summed E-state index contributed by atoms with van der Waals surface area (Å²) < 4.78 is 43.4. The normalized spacial score (nSPS) is 19.1. The van der Waals surface area contributed by atoms with Crippen LogP contribution in [0.2, 0.25) is 0 Å². The third kappa shape index (κ3) is 3.72. The van der Waals surface area contributed by atoms with Crippen LogP contribution < -0.4 is 5.32 Å². The average Bonchev–Trinajstić information content (AvgIpc) is 2.92. The first kappa shape index (κ1) is 14.8. The van der Waals surface area contributed by atoms with E-state index in [9.17, 15) is 18.0 Å². The fourth-order valence-corrected chi connectivity index (χ4v) is 2.22. The highest BCUT2D eigenvalue weighted by Crippen LogP contribution is 2.31. The summed E-state index contributed by atoms with van der Waals surface area (Å²) in [5.74, 6) is -0.320. The predicted molar refractivity (Wildman–Crippen MR) is 67.1 cm³/mol. The maximum atomic E-state index is 12.8. The Bertz CT molecular complexity index is 468. The Morgan fingerprint density at radius 2 is 2.10 bits per heavy atom. The van der Waals surface area contributed by atoms with Gasteiger partial charge in [-0.2, -0.15) is 13.2 Å². The lowest BCUT2D eigenvalue weighted by molar-refractivity contribution is -0.138. The van der Waals surface area contributed by atoms with Crippen LogP contribution in [0.15, 0.2) is 24.3 Å². The minimum atomic E-state index is -4.36. The van der Waals surface area contributed by atoms with Gasteiger partial charge in [0.2, 0.25) is 5.91 Å². The van der Waals surface area contributed by atoms with Gasteiger partial charge in [-0.15, -0.1) is 0 Å².